The number of halogens is 1. The highest BCUT2D eigenvalue weighted by molar-refractivity contribution is 6.30. The molecule has 0 aliphatic heterocycles. The molecule has 0 aromatic carbocycles. The van der Waals surface area contributed by atoms with E-state index in [9.17, 15) is 4.79 Å². The van der Waals surface area contributed by atoms with E-state index in [0.717, 1.165) is 25.1 Å². The molecule has 21 heavy (non-hydrogen) atoms. The molecule has 0 saturated carbocycles. The normalized spacial score (nSPS) is 10.9. The molecule has 3 heterocycles. The van der Waals surface area contributed by atoms with Gasteiger partial charge < -0.3 is 5.32 Å². The van der Waals surface area contributed by atoms with Gasteiger partial charge in [-0.3, -0.25) is 4.98 Å². The van der Waals surface area contributed by atoms with Gasteiger partial charge in [-0.2, -0.15) is 5.10 Å². The predicted octanol–water partition coefficient (Wildman–Crippen LogP) is 2.12. The zero-order chi connectivity index (χ0) is 14.7. The van der Waals surface area contributed by atoms with Crippen LogP contribution in [0.25, 0.3) is 5.65 Å². The second kappa shape index (κ2) is 5.97. The van der Waals surface area contributed by atoms with Gasteiger partial charge in [0.15, 0.2) is 5.65 Å². The van der Waals surface area contributed by atoms with E-state index in [4.69, 9.17) is 11.6 Å². The summed E-state index contributed by atoms with van der Waals surface area (Å²) in [6.45, 7) is 0.763. The Morgan fingerprint density at radius 3 is 2.95 bits per heavy atom. The zero-order valence-electron chi connectivity index (χ0n) is 11.2. The first-order valence-electron chi connectivity index (χ1n) is 6.63. The molecule has 0 atom stereocenters. The van der Waals surface area contributed by atoms with Crippen molar-refractivity contribution in [2.75, 3.05) is 11.9 Å². The maximum absolute atomic E-state index is 11.6. The van der Waals surface area contributed by atoms with E-state index in [1.54, 1.807) is 24.7 Å². The van der Waals surface area contributed by atoms with E-state index in [1.165, 1.54) is 9.96 Å². The lowest BCUT2D eigenvalue weighted by molar-refractivity contribution is 0.860. The molecule has 0 bridgehead atoms. The Bertz CT molecular complexity index is 796. The van der Waals surface area contributed by atoms with Gasteiger partial charge in [-0.25, -0.2) is 14.3 Å². The maximum atomic E-state index is 11.6. The molecule has 0 saturated heterocycles. The summed E-state index contributed by atoms with van der Waals surface area (Å²) in [4.78, 5) is 15.5. The Morgan fingerprint density at radius 1 is 1.33 bits per heavy atom. The predicted molar refractivity (Wildman–Crippen MR) is 81.9 cm³/mol. The molecule has 0 spiro atoms. The van der Waals surface area contributed by atoms with Crippen LogP contribution < -0.4 is 11.0 Å². The molecule has 108 valence electrons. The Hall–Kier alpha value is -2.34. The number of rotatable bonds is 5. The number of pyridine rings is 2. The number of nitrogens with one attached hydrogen (secondary N) is 2. The van der Waals surface area contributed by atoms with Crippen LogP contribution in [0.2, 0.25) is 5.02 Å². The lowest BCUT2D eigenvalue weighted by atomic mass is 10.1. The topological polar surface area (TPSA) is 75.1 Å². The highest BCUT2D eigenvalue weighted by Gasteiger charge is 2.07. The maximum Gasteiger partial charge on any atom is 0.347 e. The molecule has 0 aliphatic carbocycles. The summed E-state index contributed by atoms with van der Waals surface area (Å²) in [7, 11) is 0. The van der Waals surface area contributed by atoms with Crippen LogP contribution in [-0.4, -0.2) is 26.1 Å². The molecular formula is C14H14ClN5O. The van der Waals surface area contributed by atoms with Gasteiger partial charge in [-0.05, 0) is 36.6 Å². The van der Waals surface area contributed by atoms with E-state index in [2.05, 4.69) is 20.5 Å². The molecule has 0 fully saturated rings. The third kappa shape index (κ3) is 3.05. The van der Waals surface area contributed by atoms with Crippen molar-refractivity contribution in [2.45, 2.75) is 12.8 Å². The number of anilines is 1. The van der Waals surface area contributed by atoms with Crippen molar-refractivity contribution in [3.8, 4) is 0 Å². The smallest absolute Gasteiger partial charge is 0.347 e. The molecule has 0 amide bonds. The zero-order valence-corrected chi connectivity index (χ0v) is 12.0. The second-order valence-electron chi connectivity index (χ2n) is 4.68. The van der Waals surface area contributed by atoms with Crippen LogP contribution in [0.5, 0.6) is 0 Å². The van der Waals surface area contributed by atoms with Crippen molar-refractivity contribution in [3.05, 3.63) is 57.9 Å². The number of hydrogen-bond donors (Lipinski definition) is 2. The number of fused-ring (bicyclic) bond motifs is 1. The number of hydrogen-bond acceptors (Lipinski definition) is 4. The minimum absolute atomic E-state index is 0.299. The number of aromatic nitrogens is 4. The highest BCUT2D eigenvalue weighted by atomic mass is 35.5. The summed E-state index contributed by atoms with van der Waals surface area (Å²) in [5, 5.41) is 10.2. The fourth-order valence-electron chi connectivity index (χ4n) is 2.17. The van der Waals surface area contributed by atoms with Gasteiger partial charge in [-0.15, -0.1) is 0 Å². The summed E-state index contributed by atoms with van der Waals surface area (Å²) < 4.78 is 1.40. The van der Waals surface area contributed by atoms with Gasteiger partial charge in [0, 0.05) is 25.1 Å². The SMILES string of the molecule is O=c1[nH]nc2c(NCCCc3ccncc3)cc(Cl)cn12. The van der Waals surface area contributed by atoms with Crippen LogP contribution in [-0.2, 0) is 6.42 Å². The molecule has 3 aromatic rings. The van der Waals surface area contributed by atoms with Crippen molar-refractivity contribution in [2.24, 2.45) is 0 Å². The molecule has 0 aliphatic rings. The summed E-state index contributed by atoms with van der Waals surface area (Å²) in [6, 6.07) is 5.78. The van der Waals surface area contributed by atoms with Gasteiger partial charge in [0.2, 0.25) is 0 Å². The van der Waals surface area contributed by atoms with E-state index in [1.807, 2.05) is 12.1 Å². The summed E-state index contributed by atoms with van der Waals surface area (Å²) >= 11 is 6.01. The summed E-state index contributed by atoms with van der Waals surface area (Å²) in [5.41, 5.74) is 2.25. The lowest BCUT2D eigenvalue weighted by Gasteiger charge is -2.07. The minimum atomic E-state index is -0.299. The van der Waals surface area contributed by atoms with Crippen molar-refractivity contribution in [1.29, 1.82) is 0 Å². The first-order chi connectivity index (χ1) is 10.2. The van der Waals surface area contributed by atoms with E-state index >= 15 is 0 Å². The molecule has 0 unspecified atom stereocenters. The van der Waals surface area contributed by atoms with Crippen molar-refractivity contribution in [1.82, 2.24) is 19.6 Å². The molecule has 3 rings (SSSR count). The van der Waals surface area contributed by atoms with Crippen LogP contribution >= 0.6 is 11.6 Å². The quantitative estimate of drug-likeness (QED) is 0.708. The summed E-state index contributed by atoms with van der Waals surface area (Å²) in [5.74, 6) is 0. The Balaban J connectivity index is 1.67. The van der Waals surface area contributed by atoms with Gasteiger partial charge in [0.05, 0.1) is 10.7 Å². The fourth-order valence-corrected chi connectivity index (χ4v) is 2.38. The van der Waals surface area contributed by atoms with Crippen molar-refractivity contribution in [3.63, 3.8) is 0 Å². The molecule has 0 radical (unpaired) electrons. The van der Waals surface area contributed by atoms with Gasteiger partial charge in [-0.1, -0.05) is 11.6 Å². The molecular weight excluding hydrogens is 290 g/mol. The van der Waals surface area contributed by atoms with Gasteiger partial charge in [0.1, 0.15) is 0 Å². The third-order valence-corrected chi connectivity index (χ3v) is 3.39. The Labute approximate surface area is 125 Å². The fraction of sp³-hybridized carbons (Fsp3) is 0.214. The van der Waals surface area contributed by atoms with Gasteiger partial charge in [0.25, 0.3) is 0 Å². The molecule has 6 nitrogen and oxygen atoms in total. The van der Waals surface area contributed by atoms with Crippen LogP contribution in [0, 0.1) is 0 Å². The van der Waals surface area contributed by atoms with E-state index in [0.29, 0.717) is 10.7 Å². The van der Waals surface area contributed by atoms with Gasteiger partial charge >= 0.3 is 5.69 Å². The largest absolute Gasteiger partial charge is 0.382 e. The first-order valence-corrected chi connectivity index (χ1v) is 7.01. The molecule has 2 N–H and O–H groups in total. The summed E-state index contributed by atoms with van der Waals surface area (Å²) in [6.07, 6.45) is 7.04. The average Bonchev–Trinajstić information content (AvgIpc) is 2.86. The van der Waals surface area contributed by atoms with Crippen LogP contribution in [0.15, 0.2) is 41.6 Å². The van der Waals surface area contributed by atoms with Crippen LogP contribution in [0.3, 0.4) is 0 Å². The first kappa shape index (κ1) is 13.6. The third-order valence-electron chi connectivity index (χ3n) is 3.19. The van der Waals surface area contributed by atoms with Crippen molar-refractivity contribution < 1.29 is 0 Å². The Kier molecular flexibility index (Phi) is 3.87. The Morgan fingerprint density at radius 2 is 2.14 bits per heavy atom. The van der Waals surface area contributed by atoms with Crippen molar-refractivity contribution >= 4 is 22.9 Å². The molecule has 7 heteroatoms. The van der Waals surface area contributed by atoms with Crippen LogP contribution in [0.1, 0.15) is 12.0 Å². The van der Waals surface area contributed by atoms with Crippen LogP contribution in [0.4, 0.5) is 5.69 Å². The number of nitrogens with zero attached hydrogens (tertiary/aromatic N) is 3. The number of aryl methyl sites for hydroxylation is 1. The number of H-pyrrole nitrogens is 1. The minimum Gasteiger partial charge on any atom is -0.382 e. The van der Waals surface area contributed by atoms with E-state index < -0.39 is 0 Å². The van der Waals surface area contributed by atoms with E-state index in [-0.39, 0.29) is 5.69 Å². The monoisotopic (exact) mass is 303 g/mol. The second-order valence-corrected chi connectivity index (χ2v) is 5.12. The standard InChI is InChI=1S/C14H14ClN5O/c15-11-8-12(13-18-19-14(21)20(13)9-11)17-5-1-2-10-3-6-16-7-4-10/h3-4,6-9,17H,1-2,5H2,(H,19,21). The average molecular weight is 304 g/mol. The number of aromatic amines is 1. The highest BCUT2D eigenvalue weighted by Crippen LogP contribution is 2.19. The molecule has 3 aromatic heterocycles. The lowest BCUT2D eigenvalue weighted by Crippen LogP contribution is -2.10.